The fourth-order valence-electron chi connectivity index (χ4n) is 1.32. The summed E-state index contributed by atoms with van der Waals surface area (Å²) in [4.78, 5) is 0. The highest BCUT2D eigenvalue weighted by Crippen LogP contribution is 2.24. The highest BCUT2D eigenvalue weighted by atomic mass is 35.5. The predicted octanol–water partition coefficient (Wildman–Crippen LogP) is 3.45. The van der Waals surface area contributed by atoms with Crippen LogP contribution in [0.4, 0.5) is 0 Å². The summed E-state index contributed by atoms with van der Waals surface area (Å²) < 4.78 is 0. The third-order valence-corrected chi connectivity index (χ3v) is 2.57. The van der Waals surface area contributed by atoms with Crippen molar-refractivity contribution < 1.29 is 5.11 Å². The summed E-state index contributed by atoms with van der Waals surface area (Å²) >= 11 is 5.81. The third-order valence-electron chi connectivity index (χ3n) is 2.27. The van der Waals surface area contributed by atoms with Gasteiger partial charge in [-0.15, -0.1) is 0 Å². The summed E-state index contributed by atoms with van der Waals surface area (Å²) in [5, 5.41) is 13.0. The Balaban J connectivity index is 2.58. The molecule has 88 valence electrons. The van der Waals surface area contributed by atoms with Gasteiger partial charge < -0.3 is 10.4 Å². The molecule has 1 rings (SSSR count). The first kappa shape index (κ1) is 13.1. The molecule has 1 unspecified atom stereocenters. The fraction of sp³-hybridized carbons (Fsp3) is 0.385. The van der Waals surface area contributed by atoms with Crippen LogP contribution >= 0.6 is 11.6 Å². The number of benzene rings is 1. The van der Waals surface area contributed by atoms with Crippen molar-refractivity contribution in [3.05, 3.63) is 34.9 Å². The zero-order valence-corrected chi connectivity index (χ0v) is 10.5. The van der Waals surface area contributed by atoms with E-state index in [2.05, 4.69) is 25.2 Å². The van der Waals surface area contributed by atoms with Gasteiger partial charge in [0.05, 0.1) is 5.02 Å². The minimum absolute atomic E-state index is 0.121. The molecule has 2 nitrogen and oxygen atoms in total. The molecule has 3 heteroatoms. The molecule has 0 aliphatic carbocycles. The van der Waals surface area contributed by atoms with Gasteiger partial charge in [0.25, 0.3) is 0 Å². The van der Waals surface area contributed by atoms with Gasteiger partial charge >= 0.3 is 0 Å². The standard InChI is InChI=1S/C13H18ClNO/c1-3-8-15-10(2)4-5-11-6-7-13(16)12(14)9-11/h4-7,9-10,15-16H,3,8H2,1-2H3/b5-4+. The molecule has 1 aromatic carbocycles. The average Bonchev–Trinajstić information content (AvgIpc) is 2.28. The van der Waals surface area contributed by atoms with Crippen LogP contribution in [0.5, 0.6) is 5.75 Å². The molecule has 0 aliphatic rings. The summed E-state index contributed by atoms with van der Waals surface area (Å²) in [6, 6.07) is 5.53. The van der Waals surface area contributed by atoms with Crippen LogP contribution in [0.2, 0.25) is 5.02 Å². The lowest BCUT2D eigenvalue weighted by Crippen LogP contribution is -2.24. The van der Waals surface area contributed by atoms with Gasteiger partial charge in [-0.05, 0) is 37.6 Å². The van der Waals surface area contributed by atoms with E-state index in [4.69, 9.17) is 11.6 Å². The normalized spacial score (nSPS) is 13.2. The first-order valence-corrected chi connectivity index (χ1v) is 5.91. The Morgan fingerprint density at radius 2 is 2.25 bits per heavy atom. The number of halogens is 1. The maximum atomic E-state index is 9.27. The van der Waals surface area contributed by atoms with Crippen molar-refractivity contribution in [2.75, 3.05) is 6.54 Å². The van der Waals surface area contributed by atoms with Crippen LogP contribution in [-0.4, -0.2) is 17.7 Å². The topological polar surface area (TPSA) is 32.3 Å². The van der Waals surface area contributed by atoms with Crippen molar-refractivity contribution in [3.63, 3.8) is 0 Å². The molecule has 0 heterocycles. The maximum absolute atomic E-state index is 9.27. The lowest BCUT2D eigenvalue weighted by atomic mass is 10.1. The summed E-state index contributed by atoms with van der Waals surface area (Å²) in [5.74, 6) is 0.121. The second-order valence-corrected chi connectivity index (χ2v) is 4.22. The van der Waals surface area contributed by atoms with Crippen molar-refractivity contribution in [1.82, 2.24) is 5.32 Å². The largest absolute Gasteiger partial charge is 0.506 e. The van der Waals surface area contributed by atoms with E-state index in [0.29, 0.717) is 11.1 Å². The Kier molecular flexibility index (Phi) is 5.36. The quantitative estimate of drug-likeness (QED) is 0.825. The van der Waals surface area contributed by atoms with E-state index in [9.17, 15) is 5.11 Å². The number of aromatic hydroxyl groups is 1. The van der Waals surface area contributed by atoms with E-state index in [0.717, 1.165) is 18.5 Å². The van der Waals surface area contributed by atoms with E-state index in [1.54, 1.807) is 12.1 Å². The first-order valence-electron chi connectivity index (χ1n) is 5.53. The van der Waals surface area contributed by atoms with Crippen molar-refractivity contribution in [3.8, 4) is 5.75 Å². The van der Waals surface area contributed by atoms with Crippen molar-refractivity contribution in [2.45, 2.75) is 26.3 Å². The number of nitrogens with one attached hydrogen (secondary N) is 1. The number of rotatable bonds is 5. The summed E-state index contributed by atoms with van der Waals surface area (Å²) in [6.45, 7) is 5.26. The lowest BCUT2D eigenvalue weighted by Gasteiger charge is -2.07. The van der Waals surface area contributed by atoms with Gasteiger partial charge in [-0.25, -0.2) is 0 Å². The average molecular weight is 240 g/mol. The number of phenolic OH excluding ortho intramolecular Hbond substituents is 1. The molecule has 0 saturated heterocycles. The summed E-state index contributed by atoms with van der Waals surface area (Å²) in [7, 11) is 0. The van der Waals surface area contributed by atoms with Gasteiger partial charge in [-0.2, -0.15) is 0 Å². The highest BCUT2D eigenvalue weighted by molar-refractivity contribution is 6.32. The van der Waals surface area contributed by atoms with Crippen LogP contribution in [0.1, 0.15) is 25.8 Å². The SMILES string of the molecule is CCCNC(C)/C=C/c1ccc(O)c(Cl)c1. The van der Waals surface area contributed by atoms with Crippen LogP contribution in [0.3, 0.4) is 0 Å². The molecule has 16 heavy (non-hydrogen) atoms. The van der Waals surface area contributed by atoms with E-state index in [1.807, 2.05) is 12.1 Å². The molecule has 0 fully saturated rings. The molecule has 0 radical (unpaired) electrons. The molecule has 1 aromatic rings. The molecule has 0 saturated carbocycles. The maximum Gasteiger partial charge on any atom is 0.134 e. The number of hydrogen-bond acceptors (Lipinski definition) is 2. The van der Waals surface area contributed by atoms with Crippen LogP contribution in [0, 0.1) is 0 Å². The Bertz CT molecular complexity index is 363. The molecule has 2 N–H and O–H groups in total. The van der Waals surface area contributed by atoms with Crippen LogP contribution < -0.4 is 5.32 Å². The van der Waals surface area contributed by atoms with Gasteiger partial charge in [-0.1, -0.05) is 36.7 Å². The highest BCUT2D eigenvalue weighted by Gasteiger charge is 1.98. The molecule has 1 atom stereocenters. The molecule has 0 aliphatic heterocycles. The van der Waals surface area contributed by atoms with Gasteiger partial charge in [0, 0.05) is 6.04 Å². The van der Waals surface area contributed by atoms with E-state index in [1.165, 1.54) is 0 Å². The second kappa shape index (κ2) is 6.56. The van der Waals surface area contributed by atoms with Gasteiger partial charge in [0.15, 0.2) is 0 Å². The molecule has 0 aromatic heterocycles. The fourth-order valence-corrected chi connectivity index (χ4v) is 1.51. The van der Waals surface area contributed by atoms with Crippen molar-refractivity contribution in [1.29, 1.82) is 0 Å². The lowest BCUT2D eigenvalue weighted by molar-refractivity contribution is 0.475. The molecule has 0 spiro atoms. The van der Waals surface area contributed by atoms with Crippen molar-refractivity contribution in [2.24, 2.45) is 0 Å². The monoisotopic (exact) mass is 239 g/mol. The minimum atomic E-state index is 0.121. The minimum Gasteiger partial charge on any atom is -0.506 e. The van der Waals surface area contributed by atoms with Crippen molar-refractivity contribution >= 4 is 17.7 Å². The predicted molar refractivity (Wildman–Crippen MR) is 69.9 cm³/mol. The third kappa shape index (κ3) is 4.25. The van der Waals surface area contributed by atoms with Crippen LogP contribution in [0.15, 0.2) is 24.3 Å². The van der Waals surface area contributed by atoms with E-state index in [-0.39, 0.29) is 5.75 Å². The van der Waals surface area contributed by atoms with Gasteiger partial charge in [0.2, 0.25) is 0 Å². The Hall–Kier alpha value is -0.990. The molecule has 0 bridgehead atoms. The Morgan fingerprint density at radius 3 is 2.88 bits per heavy atom. The smallest absolute Gasteiger partial charge is 0.134 e. The van der Waals surface area contributed by atoms with E-state index >= 15 is 0 Å². The number of phenols is 1. The summed E-state index contributed by atoms with van der Waals surface area (Å²) in [6.07, 6.45) is 5.21. The number of hydrogen-bond donors (Lipinski definition) is 2. The van der Waals surface area contributed by atoms with Gasteiger partial charge in [0.1, 0.15) is 5.75 Å². The molecule has 0 amide bonds. The summed E-state index contributed by atoms with van der Waals surface area (Å²) in [5.41, 5.74) is 0.993. The second-order valence-electron chi connectivity index (χ2n) is 3.81. The molecular weight excluding hydrogens is 222 g/mol. The van der Waals surface area contributed by atoms with Gasteiger partial charge in [-0.3, -0.25) is 0 Å². The van der Waals surface area contributed by atoms with Crippen LogP contribution in [0.25, 0.3) is 6.08 Å². The first-order chi connectivity index (χ1) is 7.63. The van der Waals surface area contributed by atoms with Crippen LogP contribution in [-0.2, 0) is 0 Å². The zero-order valence-electron chi connectivity index (χ0n) is 9.70. The zero-order chi connectivity index (χ0) is 12.0. The Morgan fingerprint density at radius 1 is 1.50 bits per heavy atom. The Labute approximate surface area is 102 Å². The molecular formula is C13H18ClNO. The van der Waals surface area contributed by atoms with E-state index < -0.39 is 0 Å².